The summed E-state index contributed by atoms with van der Waals surface area (Å²) >= 11 is 0. The summed E-state index contributed by atoms with van der Waals surface area (Å²) in [6, 6.07) is 15.7. The molecule has 0 aliphatic rings. The molecule has 0 fully saturated rings. The minimum atomic E-state index is -0.140. The van der Waals surface area contributed by atoms with Crippen molar-refractivity contribution in [2.24, 2.45) is 0 Å². The molecule has 3 rings (SSSR count). The molecular weight excluding hydrogens is 314 g/mol. The zero-order valence-corrected chi connectivity index (χ0v) is 14.3. The Morgan fingerprint density at radius 2 is 2.00 bits per heavy atom. The highest BCUT2D eigenvalue weighted by Gasteiger charge is 2.15. The minimum Gasteiger partial charge on any atom is -0.496 e. The number of amides is 1. The van der Waals surface area contributed by atoms with E-state index in [1.165, 1.54) is 5.56 Å². The first-order chi connectivity index (χ1) is 12.2. The number of H-pyrrole nitrogens is 1. The predicted octanol–water partition coefficient (Wildman–Crippen LogP) is 3.62. The van der Waals surface area contributed by atoms with E-state index >= 15 is 0 Å². The van der Waals surface area contributed by atoms with Gasteiger partial charge < -0.3 is 10.1 Å². The molecule has 0 spiro atoms. The fourth-order valence-corrected chi connectivity index (χ4v) is 2.71. The molecule has 128 valence electrons. The molecule has 0 saturated carbocycles. The second kappa shape index (κ2) is 7.66. The number of methoxy groups -OCH3 is 1. The summed E-state index contributed by atoms with van der Waals surface area (Å²) in [6.07, 6.45) is 3.53. The molecule has 5 heteroatoms. The molecule has 3 aromatic rings. The molecule has 1 aromatic heterocycles. The number of carbonyl (C=O) groups is 1. The van der Waals surface area contributed by atoms with Gasteiger partial charge in [-0.05, 0) is 29.2 Å². The largest absolute Gasteiger partial charge is 0.496 e. The van der Waals surface area contributed by atoms with Crippen LogP contribution in [0.5, 0.6) is 5.75 Å². The molecule has 2 aromatic carbocycles. The van der Waals surface area contributed by atoms with Crippen LogP contribution in [0.2, 0.25) is 0 Å². The van der Waals surface area contributed by atoms with Gasteiger partial charge >= 0.3 is 0 Å². The van der Waals surface area contributed by atoms with Crippen LogP contribution >= 0.6 is 0 Å². The molecule has 25 heavy (non-hydrogen) atoms. The Bertz CT molecular complexity index is 829. The average molecular weight is 335 g/mol. The van der Waals surface area contributed by atoms with Gasteiger partial charge in [0, 0.05) is 18.3 Å². The van der Waals surface area contributed by atoms with Crippen LogP contribution in [-0.4, -0.2) is 29.8 Å². The van der Waals surface area contributed by atoms with Crippen molar-refractivity contribution in [1.29, 1.82) is 0 Å². The number of carbonyl (C=O) groups excluding carboxylic acids is 1. The second-order valence-electron chi connectivity index (χ2n) is 5.92. The van der Waals surface area contributed by atoms with Gasteiger partial charge in [0.15, 0.2) is 0 Å². The fourth-order valence-electron chi connectivity index (χ4n) is 2.71. The topological polar surface area (TPSA) is 67.0 Å². The summed E-state index contributed by atoms with van der Waals surface area (Å²) in [5.41, 5.74) is 3.61. The molecule has 5 nitrogen and oxygen atoms in total. The van der Waals surface area contributed by atoms with Gasteiger partial charge in [-0.3, -0.25) is 9.89 Å². The summed E-state index contributed by atoms with van der Waals surface area (Å²) in [6.45, 7) is 2.66. The Morgan fingerprint density at radius 1 is 1.20 bits per heavy atom. The Labute approximate surface area is 147 Å². The Balaban J connectivity index is 1.71. The Morgan fingerprint density at radius 3 is 2.68 bits per heavy atom. The number of hydrogen-bond donors (Lipinski definition) is 2. The van der Waals surface area contributed by atoms with Gasteiger partial charge in [0.2, 0.25) is 0 Å². The van der Waals surface area contributed by atoms with Gasteiger partial charge in [-0.2, -0.15) is 5.10 Å². The number of aromatic amines is 1. The fraction of sp³-hybridized carbons (Fsp3) is 0.200. The van der Waals surface area contributed by atoms with E-state index in [-0.39, 0.29) is 11.8 Å². The summed E-state index contributed by atoms with van der Waals surface area (Å²) in [5.74, 6) is 0.642. The van der Waals surface area contributed by atoms with Crippen molar-refractivity contribution in [2.45, 2.75) is 12.8 Å². The van der Waals surface area contributed by atoms with Crippen LogP contribution in [0.15, 0.2) is 60.9 Å². The van der Waals surface area contributed by atoms with Crippen molar-refractivity contribution in [3.63, 3.8) is 0 Å². The van der Waals surface area contributed by atoms with Crippen molar-refractivity contribution >= 4 is 5.91 Å². The number of aromatic nitrogens is 2. The summed E-state index contributed by atoms with van der Waals surface area (Å²) in [4.78, 5) is 12.5. The van der Waals surface area contributed by atoms with Crippen LogP contribution in [-0.2, 0) is 0 Å². The Hall–Kier alpha value is -3.08. The van der Waals surface area contributed by atoms with Crippen LogP contribution in [0.1, 0.15) is 28.8 Å². The maximum Gasteiger partial charge on any atom is 0.255 e. The highest BCUT2D eigenvalue weighted by Crippen LogP contribution is 2.26. The summed E-state index contributed by atoms with van der Waals surface area (Å²) in [5, 5.41) is 9.71. The van der Waals surface area contributed by atoms with Crippen LogP contribution in [0.4, 0.5) is 0 Å². The quantitative estimate of drug-likeness (QED) is 0.723. The first kappa shape index (κ1) is 16.8. The number of ether oxygens (including phenoxy) is 1. The maximum atomic E-state index is 12.5. The van der Waals surface area contributed by atoms with Crippen LogP contribution < -0.4 is 10.1 Å². The smallest absolute Gasteiger partial charge is 0.255 e. The predicted molar refractivity (Wildman–Crippen MR) is 97.8 cm³/mol. The third kappa shape index (κ3) is 3.88. The van der Waals surface area contributed by atoms with Gasteiger partial charge in [0.05, 0.1) is 18.9 Å². The lowest BCUT2D eigenvalue weighted by Crippen LogP contribution is -2.27. The number of nitrogens with one attached hydrogen (secondary N) is 2. The zero-order chi connectivity index (χ0) is 17.6. The van der Waals surface area contributed by atoms with E-state index in [4.69, 9.17) is 4.74 Å². The molecule has 0 saturated heterocycles. The lowest BCUT2D eigenvalue weighted by atomic mass is 10.0. The molecule has 1 heterocycles. The van der Waals surface area contributed by atoms with Crippen molar-refractivity contribution in [2.75, 3.05) is 13.7 Å². The number of hydrogen-bond acceptors (Lipinski definition) is 3. The molecule has 1 atom stereocenters. The van der Waals surface area contributed by atoms with E-state index in [0.717, 1.165) is 11.1 Å². The van der Waals surface area contributed by atoms with E-state index in [0.29, 0.717) is 17.9 Å². The van der Waals surface area contributed by atoms with E-state index < -0.39 is 0 Å². The third-order valence-corrected chi connectivity index (χ3v) is 4.22. The SMILES string of the molecule is COc1cc(-c2cn[nH]c2)ccc1C(=O)NCC(C)c1ccccc1. The monoisotopic (exact) mass is 335 g/mol. The highest BCUT2D eigenvalue weighted by molar-refractivity contribution is 5.97. The Kier molecular flexibility index (Phi) is 5.14. The van der Waals surface area contributed by atoms with Gasteiger partial charge in [0.1, 0.15) is 5.75 Å². The second-order valence-corrected chi connectivity index (χ2v) is 5.92. The highest BCUT2D eigenvalue weighted by atomic mass is 16.5. The lowest BCUT2D eigenvalue weighted by molar-refractivity contribution is 0.0948. The van der Waals surface area contributed by atoms with Crippen molar-refractivity contribution in [3.05, 3.63) is 72.1 Å². The summed E-state index contributed by atoms with van der Waals surface area (Å²) in [7, 11) is 1.57. The molecule has 0 radical (unpaired) electrons. The van der Waals surface area contributed by atoms with E-state index in [1.807, 2.05) is 30.3 Å². The molecular formula is C20H21N3O2. The lowest BCUT2D eigenvalue weighted by Gasteiger charge is -2.15. The molecule has 1 unspecified atom stereocenters. The van der Waals surface area contributed by atoms with Crippen molar-refractivity contribution in [3.8, 4) is 16.9 Å². The van der Waals surface area contributed by atoms with Gasteiger partial charge in [-0.15, -0.1) is 0 Å². The van der Waals surface area contributed by atoms with Gasteiger partial charge in [-0.25, -0.2) is 0 Å². The number of rotatable bonds is 6. The molecule has 1 amide bonds. The van der Waals surface area contributed by atoms with Crippen molar-refractivity contribution < 1.29 is 9.53 Å². The number of nitrogens with zero attached hydrogens (tertiary/aromatic N) is 1. The molecule has 2 N–H and O–H groups in total. The zero-order valence-electron chi connectivity index (χ0n) is 14.3. The third-order valence-electron chi connectivity index (χ3n) is 4.22. The molecule has 0 aliphatic carbocycles. The average Bonchev–Trinajstić information content (AvgIpc) is 3.20. The van der Waals surface area contributed by atoms with Crippen molar-refractivity contribution in [1.82, 2.24) is 15.5 Å². The van der Waals surface area contributed by atoms with Crippen LogP contribution in [0, 0.1) is 0 Å². The standard InChI is InChI=1S/C20H21N3O2/c1-14(15-6-4-3-5-7-15)11-21-20(24)18-9-8-16(10-19(18)25-2)17-12-22-23-13-17/h3-10,12-14H,11H2,1-2H3,(H,21,24)(H,22,23). The van der Waals surface area contributed by atoms with E-state index in [2.05, 4.69) is 34.6 Å². The minimum absolute atomic E-state index is 0.140. The normalized spacial score (nSPS) is 11.8. The van der Waals surface area contributed by atoms with E-state index in [1.54, 1.807) is 25.6 Å². The maximum absolute atomic E-state index is 12.5. The summed E-state index contributed by atoms with van der Waals surface area (Å²) < 4.78 is 5.41. The molecule has 0 bridgehead atoms. The van der Waals surface area contributed by atoms with Crippen LogP contribution in [0.25, 0.3) is 11.1 Å². The first-order valence-corrected chi connectivity index (χ1v) is 8.19. The van der Waals surface area contributed by atoms with Gasteiger partial charge in [-0.1, -0.05) is 43.3 Å². The van der Waals surface area contributed by atoms with E-state index in [9.17, 15) is 4.79 Å². The molecule has 0 aliphatic heterocycles. The van der Waals surface area contributed by atoms with Crippen LogP contribution in [0.3, 0.4) is 0 Å². The number of benzene rings is 2. The van der Waals surface area contributed by atoms with Gasteiger partial charge in [0.25, 0.3) is 5.91 Å². The first-order valence-electron chi connectivity index (χ1n) is 8.19.